The molecular weight excluding hydrogens is 346 g/mol. The van der Waals surface area contributed by atoms with Crippen molar-refractivity contribution in [2.45, 2.75) is 44.6 Å². The van der Waals surface area contributed by atoms with Gasteiger partial charge >= 0.3 is 5.97 Å². The highest BCUT2D eigenvalue weighted by molar-refractivity contribution is 5.89. The summed E-state index contributed by atoms with van der Waals surface area (Å²) < 4.78 is 15.8. The van der Waals surface area contributed by atoms with Gasteiger partial charge in [-0.15, -0.1) is 0 Å². The number of hydrogen-bond acceptors (Lipinski definition) is 5. The van der Waals surface area contributed by atoms with Crippen LogP contribution in [0.3, 0.4) is 0 Å². The van der Waals surface area contributed by atoms with E-state index in [1.807, 2.05) is 11.0 Å². The molecule has 4 rings (SSSR count). The van der Waals surface area contributed by atoms with E-state index >= 15 is 0 Å². The lowest BCUT2D eigenvalue weighted by molar-refractivity contribution is -0.151. The Hall–Kier alpha value is -2.50. The number of nitrogens with zero attached hydrogens (tertiary/aromatic N) is 1. The molecule has 1 amide bonds. The lowest BCUT2D eigenvalue weighted by Crippen LogP contribution is -2.50. The number of fused-ring (bicyclic) bond motifs is 2. The summed E-state index contributed by atoms with van der Waals surface area (Å²) in [7, 11) is 0. The zero-order valence-electron chi connectivity index (χ0n) is 15.4. The molecule has 1 saturated heterocycles. The van der Waals surface area contributed by atoms with Crippen LogP contribution in [0.2, 0.25) is 0 Å². The minimum absolute atomic E-state index is 0.0728. The third-order valence-electron chi connectivity index (χ3n) is 5.71. The average molecular weight is 371 g/mol. The minimum Gasteiger partial charge on any atom is -0.454 e. The quantitative estimate of drug-likeness (QED) is 0.601. The standard InChI is InChI=1S/C21H25NO5/c23-20(22-11-3-5-16-4-1-2-6-17(16)22)13-25-21(24)10-8-15-7-9-18-19(12-15)27-14-26-18/h7-10,12,16-17H,1-6,11,13-14H2/b10-8+/t16-,17+/m1/s1. The van der Waals surface area contributed by atoms with Crippen LogP contribution < -0.4 is 9.47 Å². The first-order valence-electron chi connectivity index (χ1n) is 9.75. The molecule has 0 bridgehead atoms. The number of likely N-dealkylation sites (tertiary alicyclic amines) is 1. The molecule has 0 N–H and O–H groups in total. The number of carbonyl (C=O) groups is 2. The van der Waals surface area contributed by atoms with Gasteiger partial charge in [-0.3, -0.25) is 4.79 Å². The summed E-state index contributed by atoms with van der Waals surface area (Å²) in [5.74, 6) is 1.39. The largest absolute Gasteiger partial charge is 0.454 e. The van der Waals surface area contributed by atoms with Crippen LogP contribution in [-0.4, -0.2) is 42.8 Å². The number of carbonyl (C=O) groups excluding carboxylic acids is 2. The zero-order chi connectivity index (χ0) is 18.6. The number of rotatable bonds is 4. The van der Waals surface area contributed by atoms with Gasteiger partial charge < -0.3 is 19.1 Å². The summed E-state index contributed by atoms with van der Waals surface area (Å²) in [6, 6.07) is 5.77. The van der Waals surface area contributed by atoms with Crippen molar-refractivity contribution in [1.29, 1.82) is 0 Å². The summed E-state index contributed by atoms with van der Waals surface area (Å²) in [4.78, 5) is 26.5. The van der Waals surface area contributed by atoms with Gasteiger partial charge in [0.05, 0.1) is 0 Å². The first-order valence-corrected chi connectivity index (χ1v) is 9.75. The second-order valence-corrected chi connectivity index (χ2v) is 7.39. The SMILES string of the molecule is O=C(/C=C/c1ccc2c(c1)OCO2)OCC(=O)N1CCC[C@H]2CCCC[C@@H]21. The van der Waals surface area contributed by atoms with E-state index in [1.54, 1.807) is 18.2 Å². The lowest BCUT2D eigenvalue weighted by atomic mass is 9.78. The number of benzene rings is 1. The first-order chi connectivity index (χ1) is 13.2. The Morgan fingerprint density at radius 1 is 1.11 bits per heavy atom. The van der Waals surface area contributed by atoms with Crippen molar-refractivity contribution >= 4 is 18.0 Å². The van der Waals surface area contributed by atoms with Crippen molar-refractivity contribution in [3.63, 3.8) is 0 Å². The van der Waals surface area contributed by atoms with Crippen LogP contribution in [0, 0.1) is 5.92 Å². The summed E-state index contributed by atoms with van der Waals surface area (Å²) >= 11 is 0. The van der Waals surface area contributed by atoms with Gasteiger partial charge in [-0.1, -0.05) is 18.9 Å². The first kappa shape index (κ1) is 17.9. The molecule has 1 saturated carbocycles. The van der Waals surface area contributed by atoms with Gasteiger partial charge in [0.15, 0.2) is 18.1 Å². The predicted octanol–water partition coefficient (Wildman–Crippen LogP) is 3.15. The molecule has 144 valence electrons. The van der Waals surface area contributed by atoms with Crippen LogP contribution >= 0.6 is 0 Å². The fourth-order valence-electron chi connectivity index (χ4n) is 4.38. The third-order valence-corrected chi connectivity index (χ3v) is 5.71. The summed E-state index contributed by atoms with van der Waals surface area (Å²) in [6.45, 7) is 0.809. The smallest absolute Gasteiger partial charge is 0.331 e. The second kappa shape index (κ2) is 8.03. The second-order valence-electron chi connectivity index (χ2n) is 7.39. The highest BCUT2D eigenvalue weighted by atomic mass is 16.7. The Bertz CT molecular complexity index is 742. The van der Waals surface area contributed by atoms with Crippen molar-refractivity contribution in [2.75, 3.05) is 19.9 Å². The molecule has 0 aromatic heterocycles. The zero-order valence-corrected chi connectivity index (χ0v) is 15.4. The van der Waals surface area contributed by atoms with Crippen LogP contribution in [0.5, 0.6) is 11.5 Å². The Morgan fingerprint density at radius 2 is 1.93 bits per heavy atom. The van der Waals surface area contributed by atoms with Crippen LogP contribution in [0.25, 0.3) is 6.08 Å². The van der Waals surface area contributed by atoms with Crippen molar-refractivity contribution in [1.82, 2.24) is 4.90 Å². The average Bonchev–Trinajstić information content (AvgIpc) is 3.18. The highest BCUT2D eigenvalue weighted by Gasteiger charge is 2.35. The molecule has 6 nitrogen and oxygen atoms in total. The molecule has 1 aliphatic carbocycles. The van der Waals surface area contributed by atoms with E-state index in [1.165, 1.54) is 31.8 Å². The van der Waals surface area contributed by atoms with E-state index in [9.17, 15) is 9.59 Å². The molecule has 2 atom stereocenters. The van der Waals surface area contributed by atoms with Crippen molar-refractivity contribution in [2.24, 2.45) is 5.92 Å². The Morgan fingerprint density at radius 3 is 2.85 bits per heavy atom. The van der Waals surface area contributed by atoms with Crippen LogP contribution in [0.15, 0.2) is 24.3 Å². The third kappa shape index (κ3) is 4.10. The molecule has 2 fully saturated rings. The van der Waals surface area contributed by atoms with E-state index in [0.717, 1.165) is 24.9 Å². The van der Waals surface area contributed by atoms with E-state index in [-0.39, 0.29) is 19.3 Å². The molecule has 1 aromatic rings. The number of hydrogen-bond donors (Lipinski definition) is 0. The van der Waals surface area contributed by atoms with Crippen molar-refractivity contribution < 1.29 is 23.8 Å². The molecule has 2 aliphatic heterocycles. The highest BCUT2D eigenvalue weighted by Crippen LogP contribution is 2.35. The maximum atomic E-state index is 12.6. The maximum absolute atomic E-state index is 12.6. The van der Waals surface area contributed by atoms with E-state index in [4.69, 9.17) is 14.2 Å². The van der Waals surface area contributed by atoms with Gasteiger partial charge in [0, 0.05) is 18.7 Å². The number of esters is 1. The molecule has 1 aromatic carbocycles. The minimum atomic E-state index is -0.516. The van der Waals surface area contributed by atoms with Gasteiger partial charge in [-0.2, -0.15) is 0 Å². The van der Waals surface area contributed by atoms with Crippen LogP contribution in [0.4, 0.5) is 0 Å². The molecule has 0 spiro atoms. The van der Waals surface area contributed by atoms with Crippen molar-refractivity contribution in [3.05, 3.63) is 29.8 Å². The van der Waals surface area contributed by atoms with Gasteiger partial charge in [0.2, 0.25) is 6.79 Å². The number of piperidine rings is 1. The van der Waals surface area contributed by atoms with E-state index in [2.05, 4.69) is 0 Å². The topological polar surface area (TPSA) is 65.1 Å². The Balaban J connectivity index is 1.29. The van der Waals surface area contributed by atoms with Crippen LogP contribution in [-0.2, 0) is 14.3 Å². The van der Waals surface area contributed by atoms with Gasteiger partial charge in [-0.05, 0) is 55.4 Å². The van der Waals surface area contributed by atoms with E-state index in [0.29, 0.717) is 23.5 Å². The van der Waals surface area contributed by atoms with Crippen molar-refractivity contribution in [3.8, 4) is 11.5 Å². The normalized spacial score (nSPS) is 23.9. The Labute approximate surface area is 159 Å². The fraction of sp³-hybridized carbons (Fsp3) is 0.524. The molecule has 6 heteroatoms. The lowest BCUT2D eigenvalue weighted by Gasteiger charge is -2.44. The number of amides is 1. The van der Waals surface area contributed by atoms with Gasteiger partial charge in [0.1, 0.15) is 0 Å². The number of ether oxygens (including phenoxy) is 3. The molecule has 3 aliphatic rings. The molecule has 0 unspecified atom stereocenters. The molecule has 2 heterocycles. The molecule has 0 radical (unpaired) electrons. The summed E-state index contributed by atoms with van der Waals surface area (Å²) in [6.07, 6.45) is 9.99. The van der Waals surface area contributed by atoms with Crippen LogP contribution in [0.1, 0.15) is 44.1 Å². The summed E-state index contributed by atoms with van der Waals surface area (Å²) in [5, 5.41) is 0. The summed E-state index contributed by atoms with van der Waals surface area (Å²) in [5.41, 5.74) is 0.809. The Kier molecular flexibility index (Phi) is 5.32. The van der Waals surface area contributed by atoms with Gasteiger partial charge in [0.25, 0.3) is 5.91 Å². The molecule has 27 heavy (non-hydrogen) atoms. The molecular formula is C21H25NO5. The maximum Gasteiger partial charge on any atom is 0.331 e. The predicted molar refractivity (Wildman–Crippen MR) is 99.3 cm³/mol. The van der Waals surface area contributed by atoms with Gasteiger partial charge in [-0.25, -0.2) is 4.79 Å². The fourth-order valence-corrected chi connectivity index (χ4v) is 4.38. The van der Waals surface area contributed by atoms with E-state index < -0.39 is 5.97 Å². The monoisotopic (exact) mass is 371 g/mol.